The SMILES string of the molecule is CC(C)(C)OC(=O)N1CCC(N)(Cc2ccoc2)C1. The number of likely N-dealkylation sites (tertiary alicyclic amines) is 1. The predicted molar refractivity (Wildman–Crippen MR) is 71.8 cm³/mol. The minimum Gasteiger partial charge on any atom is -0.472 e. The Morgan fingerprint density at radius 2 is 2.32 bits per heavy atom. The van der Waals surface area contributed by atoms with Gasteiger partial charge in [0, 0.05) is 18.6 Å². The van der Waals surface area contributed by atoms with Crippen LogP contribution in [0.4, 0.5) is 4.79 Å². The molecular formula is C14H22N2O3. The summed E-state index contributed by atoms with van der Waals surface area (Å²) in [6.45, 7) is 6.75. The molecular weight excluding hydrogens is 244 g/mol. The minimum atomic E-state index is -0.471. The molecule has 1 fully saturated rings. The molecule has 0 aromatic carbocycles. The zero-order valence-corrected chi connectivity index (χ0v) is 11.8. The second kappa shape index (κ2) is 4.89. The van der Waals surface area contributed by atoms with Gasteiger partial charge in [0.25, 0.3) is 0 Å². The third-order valence-electron chi connectivity index (χ3n) is 3.17. The molecule has 0 spiro atoms. The van der Waals surface area contributed by atoms with Crippen molar-refractivity contribution < 1.29 is 13.9 Å². The van der Waals surface area contributed by atoms with Gasteiger partial charge in [-0.25, -0.2) is 4.79 Å². The fraction of sp³-hybridized carbons (Fsp3) is 0.643. The highest BCUT2D eigenvalue weighted by Crippen LogP contribution is 2.25. The predicted octanol–water partition coefficient (Wildman–Crippen LogP) is 2.16. The molecule has 1 aromatic heterocycles. The van der Waals surface area contributed by atoms with Gasteiger partial charge in [-0.2, -0.15) is 0 Å². The van der Waals surface area contributed by atoms with E-state index in [1.807, 2.05) is 26.8 Å². The largest absolute Gasteiger partial charge is 0.472 e. The summed E-state index contributed by atoms with van der Waals surface area (Å²) in [4.78, 5) is 13.7. The molecule has 1 unspecified atom stereocenters. The van der Waals surface area contributed by atoms with E-state index in [0.717, 1.165) is 12.0 Å². The highest BCUT2D eigenvalue weighted by Gasteiger charge is 2.38. The number of ether oxygens (including phenoxy) is 1. The number of amides is 1. The monoisotopic (exact) mass is 266 g/mol. The highest BCUT2D eigenvalue weighted by molar-refractivity contribution is 5.68. The summed E-state index contributed by atoms with van der Waals surface area (Å²) in [5.41, 5.74) is 6.56. The van der Waals surface area contributed by atoms with Crippen molar-refractivity contribution in [2.45, 2.75) is 44.8 Å². The number of nitrogens with zero attached hydrogens (tertiary/aromatic N) is 1. The molecule has 2 N–H and O–H groups in total. The Hall–Kier alpha value is -1.49. The van der Waals surface area contributed by atoms with Gasteiger partial charge in [0.15, 0.2) is 0 Å². The number of carbonyl (C=O) groups is 1. The van der Waals surface area contributed by atoms with Crippen molar-refractivity contribution in [1.82, 2.24) is 4.90 Å². The van der Waals surface area contributed by atoms with E-state index in [1.165, 1.54) is 0 Å². The summed E-state index contributed by atoms with van der Waals surface area (Å²) in [6.07, 6.45) is 4.54. The molecule has 1 aromatic rings. The van der Waals surface area contributed by atoms with Crippen LogP contribution in [0.3, 0.4) is 0 Å². The fourth-order valence-corrected chi connectivity index (χ4v) is 2.32. The Morgan fingerprint density at radius 3 is 2.89 bits per heavy atom. The molecule has 2 heterocycles. The van der Waals surface area contributed by atoms with Crippen LogP contribution in [0.5, 0.6) is 0 Å². The molecule has 1 saturated heterocycles. The Labute approximate surface area is 113 Å². The van der Waals surface area contributed by atoms with Crippen molar-refractivity contribution in [3.63, 3.8) is 0 Å². The topological polar surface area (TPSA) is 68.7 Å². The Kier molecular flexibility index (Phi) is 3.58. The molecule has 5 nitrogen and oxygen atoms in total. The number of nitrogens with two attached hydrogens (primary N) is 1. The molecule has 0 aliphatic carbocycles. The summed E-state index contributed by atoms with van der Waals surface area (Å²) in [6, 6.07) is 1.91. The molecule has 1 aliphatic heterocycles. The summed E-state index contributed by atoms with van der Waals surface area (Å²) in [5.74, 6) is 0. The van der Waals surface area contributed by atoms with E-state index in [2.05, 4.69) is 0 Å². The van der Waals surface area contributed by atoms with E-state index in [-0.39, 0.29) is 11.6 Å². The molecule has 0 bridgehead atoms. The van der Waals surface area contributed by atoms with Crippen LogP contribution in [0.25, 0.3) is 0 Å². The zero-order valence-electron chi connectivity index (χ0n) is 11.8. The average Bonchev–Trinajstić information content (AvgIpc) is 2.86. The lowest BCUT2D eigenvalue weighted by molar-refractivity contribution is 0.0284. The van der Waals surface area contributed by atoms with Gasteiger partial charge in [-0.1, -0.05) is 0 Å². The van der Waals surface area contributed by atoms with Gasteiger partial charge >= 0.3 is 6.09 Å². The summed E-state index contributed by atoms with van der Waals surface area (Å²) in [5, 5.41) is 0. The first-order chi connectivity index (χ1) is 8.77. The van der Waals surface area contributed by atoms with Gasteiger partial charge in [-0.15, -0.1) is 0 Å². The molecule has 1 amide bonds. The number of rotatable bonds is 2. The van der Waals surface area contributed by atoms with E-state index in [4.69, 9.17) is 14.9 Å². The smallest absolute Gasteiger partial charge is 0.410 e. The molecule has 0 radical (unpaired) electrons. The molecule has 19 heavy (non-hydrogen) atoms. The van der Waals surface area contributed by atoms with Crippen LogP contribution in [-0.4, -0.2) is 35.2 Å². The average molecular weight is 266 g/mol. The number of carbonyl (C=O) groups excluding carboxylic acids is 1. The van der Waals surface area contributed by atoms with Crippen LogP contribution in [0.15, 0.2) is 23.0 Å². The highest BCUT2D eigenvalue weighted by atomic mass is 16.6. The third kappa shape index (κ3) is 3.73. The van der Waals surface area contributed by atoms with E-state index >= 15 is 0 Å². The van der Waals surface area contributed by atoms with Gasteiger partial charge in [-0.05, 0) is 45.2 Å². The van der Waals surface area contributed by atoms with Gasteiger partial charge in [0.1, 0.15) is 5.60 Å². The Balaban J connectivity index is 1.93. The molecule has 106 valence electrons. The molecule has 1 atom stereocenters. The van der Waals surface area contributed by atoms with E-state index in [9.17, 15) is 4.79 Å². The van der Waals surface area contributed by atoms with Crippen molar-refractivity contribution in [2.75, 3.05) is 13.1 Å². The maximum Gasteiger partial charge on any atom is 0.410 e. The van der Waals surface area contributed by atoms with Crippen molar-refractivity contribution in [3.05, 3.63) is 24.2 Å². The van der Waals surface area contributed by atoms with Crippen molar-refractivity contribution in [3.8, 4) is 0 Å². The van der Waals surface area contributed by atoms with Gasteiger partial charge in [0.05, 0.1) is 12.5 Å². The lowest BCUT2D eigenvalue weighted by atomic mass is 9.92. The third-order valence-corrected chi connectivity index (χ3v) is 3.17. The number of furan rings is 1. The summed E-state index contributed by atoms with van der Waals surface area (Å²) < 4.78 is 10.4. The zero-order chi connectivity index (χ0) is 14.1. The van der Waals surface area contributed by atoms with Gasteiger partial charge < -0.3 is 19.8 Å². The van der Waals surface area contributed by atoms with E-state index in [0.29, 0.717) is 19.5 Å². The first-order valence-corrected chi connectivity index (χ1v) is 6.55. The molecule has 2 rings (SSSR count). The molecule has 0 saturated carbocycles. The first kappa shape index (κ1) is 13.9. The lowest BCUT2D eigenvalue weighted by Crippen LogP contribution is -2.46. The van der Waals surface area contributed by atoms with Crippen molar-refractivity contribution in [2.24, 2.45) is 5.73 Å². The van der Waals surface area contributed by atoms with Gasteiger partial charge in [-0.3, -0.25) is 0 Å². The standard InChI is InChI=1S/C14H22N2O3/c1-13(2,3)19-12(17)16-6-5-14(15,10-16)8-11-4-7-18-9-11/h4,7,9H,5-6,8,10,15H2,1-3H3. The van der Waals surface area contributed by atoms with Crippen molar-refractivity contribution in [1.29, 1.82) is 0 Å². The summed E-state index contributed by atoms with van der Waals surface area (Å²) in [7, 11) is 0. The van der Waals surface area contributed by atoms with E-state index < -0.39 is 5.60 Å². The van der Waals surface area contributed by atoms with Crippen LogP contribution < -0.4 is 5.73 Å². The normalized spacial score (nSPS) is 23.7. The van der Waals surface area contributed by atoms with Crippen LogP contribution in [-0.2, 0) is 11.2 Å². The maximum atomic E-state index is 12.0. The fourth-order valence-electron chi connectivity index (χ4n) is 2.32. The number of hydrogen-bond donors (Lipinski definition) is 1. The second-order valence-electron chi connectivity index (χ2n) is 6.32. The van der Waals surface area contributed by atoms with E-state index in [1.54, 1.807) is 17.4 Å². The van der Waals surface area contributed by atoms with Crippen LogP contribution >= 0.6 is 0 Å². The first-order valence-electron chi connectivity index (χ1n) is 6.55. The van der Waals surface area contributed by atoms with Gasteiger partial charge in [0.2, 0.25) is 0 Å². The minimum absolute atomic E-state index is 0.285. The quantitative estimate of drug-likeness (QED) is 0.890. The molecule has 1 aliphatic rings. The van der Waals surface area contributed by atoms with Crippen LogP contribution in [0.1, 0.15) is 32.8 Å². The maximum absolute atomic E-state index is 12.0. The Bertz CT molecular complexity index is 436. The molecule has 5 heteroatoms. The lowest BCUT2D eigenvalue weighted by Gasteiger charge is -2.26. The second-order valence-corrected chi connectivity index (χ2v) is 6.32. The van der Waals surface area contributed by atoms with Crippen molar-refractivity contribution >= 4 is 6.09 Å². The van der Waals surface area contributed by atoms with Crippen LogP contribution in [0.2, 0.25) is 0 Å². The van der Waals surface area contributed by atoms with Crippen LogP contribution in [0, 0.1) is 0 Å². The Morgan fingerprint density at radius 1 is 1.58 bits per heavy atom. The number of hydrogen-bond acceptors (Lipinski definition) is 4. The summed E-state index contributed by atoms with van der Waals surface area (Å²) >= 11 is 0.